The summed E-state index contributed by atoms with van der Waals surface area (Å²) in [7, 11) is 0. The van der Waals surface area contributed by atoms with Crippen LogP contribution in [0.5, 0.6) is 0 Å². The first-order chi connectivity index (χ1) is 7.58. The van der Waals surface area contributed by atoms with E-state index in [1.807, 2.05) is 13.8 Å². The van der Waals surface area contributed by atoms with E-state index >= 15 is 0 Å². The zero-order chi connectivity index (χ0) is 12.2. The van der Waals surface area contributed by atoms with Gasteiger partial charge in [0.1, 0.15) is 6.04 Å². The van der Waals surface area contributed by atoms with Crippen LogP contribution in [-0.2, 0) is 9.47 Å². The van der Waals surface area contributed by atoms with Gasteiger partial charge in [-0.15, -0.1) is 0 Å². The van der Waals surface area contributed by atoms with Crippen molar-refractivity contribution in [2.45, 2.75) is 52.0 Å². The van der Waals surface area contributed by atoms with Crippen molar-refractivity contribution < 1.29 is 14.0 Å². The second kappa shape index (κ2) is 6.12. The van der Waals surface area contributed by atoms with Crippen molar-refractivity contribution in [1.29, 1.82) is 0 Å². The lowest BCUT2D eigenvalue weighted by Gasteiger charge is -2.23. The Morgan fingerprint density at radius 3 is 2.25 bits per heavy atom. The number of ether oxygens (including phenoxy) is 2. The fraction of sp³-hybridized carbons (Fsp3) is 0.917. The third-order valence-corrected chi connectivity index (χ3v) is 3.59. The Morgan fingerprint density at radius 1 is 1.38 bits per heavy atom. The average molecular weight is 293 g/mol. The van der Waals surface area contributed by atoms with E-state index in [1.54, 1.807) is 0 Å². The minimum atomic E-state index is -0.508. The Balaban J connectivity index is 2.88. The molecular weight excluding hydrogens is 270 g/mol. The smallest absolute Gasteiger partial charge is 0.254 e. The summed E-state index contributed by atoms with van der Waals surface area (Å²) in [5.41, 5.74) is 0. The summed E-state index contributed by atoms with van der Waals surface area (Å²) in [6, 6.07) is 0.934. The molecule has 0 spiro atoms. The predicted molar refractivity (Wildman–Crippen MR) is 69.6 cm³/mol. The summed E-state index contributed by atoms with van der Waals surface area (Å²) >= 11 is 3.57. The first-order valence-corrected chi connectivity index (χ1v) is 7.18. The van der Waals surface area contributed by atoms with Crippen LogP contribution in [0.3, 0.4) is 0 Å². The molecule has 3 nitrogen and oxygen atoms in total. The fourth-order valence-corrected chi connectivity index (χ4v) is 2.81. The van der Waals surface area contributed by atoms with Crippen molar-refractivity contribution in [2.75, 3.05) is 18.5 Å². The first-order valence-electron chi connectivity index (χ1n) is 6.06. The normalized spacial score (nSPS) is 23.9. The van der Waals surface area contributed by atoms with Gasteiger partial charge in [-0.05, 0) is 27.7 Å². The SMILES string of the molecule is CCOC1(OCC)C=[N+](C(C)C)C(CBr)C1. The lowest BCUT2D eigenvalue weighted by atomic mass is 10.1. The van der Waals surface area contributed by atoms with Crippen LogP contribution < -0.4 is 0 Å². The summed E-state index contributed by atoms with van der Waals surface area (Å²) in [5, 5.41) is 0.948. The molecule has 1 aliphatic rings. The van der Waals surface area contributed by atoms with Crippen LogP contribution in [0.2, 0.25) is 0 Å². The Bertz CT molecular complexity index is 247. The predicted octanol–water partition coefficient (Wildman–Crippen LogP) is 2.41. The van der Waals surface area contributed by atoms with E-state index in [1.165, 1.54) is 0 Å². The summed E-state index contributed by atoms with van der Waals surface area (Å²) in [5.74, 6) is -0.508. The van der Waals surface area contributed by atoms with Crippen LogP contribution in [0.25, 0.3) is 0 Å². The summed E-state index contributed by atoms with van der Waals surface area (Å²) in [6.45, 7) is 9.76. The molecule has 0 aromatic rings. The number of nitrogens with zero attached hydrogens (tertiary/aromatic N) is 1. The van der Waals surface area contributed by atoms with E-state index < -0.39 is 5.79 Å². The molecule has 0 N–H and O–H groups in total. The van der Waals surface area contributed by atoms with Crippen molar-refractivity contribution in [3.05, 3.63) is 0 Å². The molecule has 0 amide bonds. The summed E-state index contributed by atoms with van der Waals surface area (Å²) in [6.07, 6.45) is 3.02. The van der Waals surface area contributed by atoms with E-state index in [0.29, 0.717) is 25.3 Å². The number of alkyl halides is 1. The van der Waals surface area contributed by atoms with Gasteiger partial charge < -0.3 is 9.47 Å². The van der Waals surface area contributed by atoms with Gasteiger partial charge in [0.25, 0.3) is 5.79 Å². The highest BCUT2D eigenvalue weighted by atomic mass is 79.9. The van der Waals surface area contributed by atoms with Gasteiger partial charge in [0.15, 0.2) is 6.04 Å². The molecule has 0 radical (unpaired) electrons. The highest BCUT2D eigenvalue weighted by Crippen LogP contribution is 2.27. The molecule has 1 rings (SSSR count). The Morgan fingerprint density at radius 2 is 1.94 bits per heavy atom. The lowest BCUT2D eigenvalue weighted by Crippen LogP contribution is -2.37. The van der Waals surface area contributed by atoms with Gasteiger partial charge in [-0.2, -0.15) is 0 Å². The van der Waals surface area contributed by atoms with Crippen LogP contribution >= 0.6 is 15.9 Å². The van der Waals surface area contributed by atoms with E-state index in [-0.39, 0.29) is 0 Å². The average Bonchev–Trinajstić information content (AvgIpc) is 2.58. The molecule has 0 aromatic carbocycles. The summed E-state index contributed by atoms with van der Waals surface area (Å²) < 4.78 is 13.9. The molecule has 0 bridgehead atoms. The second-order valence-electron chi connectivity index (χ2n) is 4.36. The zero-order valence-corrected chi connectivity index (χ0v) is 12.3. The quantitative estimate of drug-likeness (QED) is 0.426. The molecule has 16 heavy (non-hydrogen) atoms. The van der Waals surface area contributed by atoms with Crippen LogP contribution in [-0.4, -0.2) is 47.2 Å². The van der Waals surface area contributed by atoms with Gasteiger partial charge >= 0.3 is 0 Å². The molecule has 4 heteroatoms. The molecule has 0 saturated carbocycles. The van der Waals surface area contributed by atoms with Crippen LogP contribution in [0.4, 0.5) is 0 Å². The van der Waals surface area contributed by atoms with Crippen LogP contribution in [0.1, 0.15) is 34.1 Å². The number of rotatable bonds is 6. The largest absolute Gasteiger partial charge is 0.342 e. The molecule has 1 heterocycles. The Kier molecular flexibility index (Phi) is 5.41. The maximum absolute atomic E-state index is 5.80. The van der Waals surface area contributed by atoms with Crippen molar-refractivity contribution in [3.8, 4) is 0 Å². The third-order valence-electron chi connectivity index (χ3n) is 2.84. The number of hydrogen-bond donors (Lipinski definition) is 0. The van der Waals surface area contributed by atoms with Gasteiger partial charge in [-0.3, -0.25) is 0 Å². The molecule has 94 valence electrons. The fourth-order valence-electron chi connectivity index (χ4n) is 2.25. The van der Waals surface area contributed by atoms with Crippen LogP contribution in [0, 0.1) is 0 Å². The zero-order valence-electron chi connectivity index (χ0n) is 10.7. The standard InChI is InChI=1S/C12H23BrNO2/c1-5-15-12(16-6-2)7-11(8-13)14(9-12)10(3)4/h9-11H,5-8H2,1-4H3/q+1. The molecule has 1 unspecified atom stereocenters. The molecule has 0 fully saturated rings. The van der Waals surface area contributed by atoms with Gasteiger partial charge in [0, 0.05) is 13.2 Å². The highest BCUT2D eigenvalue weighted by molar-refractivity contribution is 9.09. The van der Waals surface area contributed by atoms with E-state index in [4.69, 9.17) is 9.47 Å². The maximum Gasteiger partial charge on any atom is 0.254 e. The summed E-state index contributed by atoms with van der Waals surface area (Å²) in [4.78, 5) is 0. The van der Waals surface area contributed by atoms with Crippen molar-refractivity contribution in [1.82, 2.24) is 0 Å². The first kappa shape index (κ1) is 14.1. The minimum Gasteiger partial charge on any atom is -0.342 e. The molecular formula is C12H23BrNO2+. The van der Waals surface area contributed by atoms with E-state index in [9.17, 15) is 0 Å². The molecule has 0 saturated heterocycles. The van der Waals surface area contributed by atoms with Gasteiger partial charge in [0.2, 0.25) is 6.21 Å². The van der Waals surface area contributed by atoms with Crippen molar-refractivity contribution in [2.24, 2.45) is 0 Å². The molecule has 0 aliphatic carbocycles. The van der Waals surface area contributed by atoms with Gasteiger partial charge in [0.05, 0.1) is 11.8 Å². The monoisotopic (exact) mass is 292 g/mol. The van der Waals surface area contributed by atoms with E-state index in [2.05, 4.69) is 40.6 Å². The van der Waals surface area contributed by atoms with Crippen LogP contribution in [0.15, 0.2) is 0 Å². The highest BCUT2D eigenvalue weighted by Gasteiger charge is 2.47. The minimum absolute atomic E-state index is 0.457. The van der Waals surface area contributed by atoms with Gasteiger partial charge in [-0.1, -0.05) is 15.9 Å². The molecule has 1 aliphatic heterocycles. The van der Waals surface area contributed by atoms with E-state index in [0.717, 1.165) is 11.8 Å². The van der Waals surface area contributed by atoms with Crippen molar-refractivity contribution in [3.63, 3.8) is 0 Å². The molecule has 0 aromatic heterocycles. The topological polar surface area (TPSA) is 21.5 Å². The lowest BCUT2D eigenvalue weighted by molar-refractivity contribution is -0.578. The van der Waals surface area contributed by atoms with Crippen molar-refractivity contribution >= 4 is 22.1 Å². The Hall–Kier alpha value is 0.0700. The third kappa shape index (κ3) is 3.05. The number of hydrogen-bond acceptors (Lipinski definition) is 2. The second-order valence-corrected chi connectivity index (χ2v) is 5.01. The number of halogens is 1. The van der Waals surface area contributed by atoms with Gasteiger partial charge in [-0.25, -0.2) is 4.58 Å². The Labute approximate surface area is 107 Å². The maximum atomic E-state index is 5.80. The molecule has 1 atom stereocenters.